The van der Waals surface area contributed by atoms with Crippen molar-refractivity contribution in [3.05, 3.63) is 41.2 Å². The summed E-state index contributed by atoms with van der Waals surface area (Å²) in [7, 11) is -2.56. The van der Waals surface area contributed by atoms with E-state index in [1.165, 1.54) is 18.0 Å². The predicted octanol–water partition coefficient (Wildman–Crippen LogP) is 3.56. The molecule has 16 heteroatoms. The minimum atomic E-state index is -3.99. The Labute approximate surface area is 220 Å². The lowest BCUT2D eigenvalue weighted by Crippen LogP contribution is -2.42. The van der Waals surface area contributed by atoms with Crippen LogP contribution in [0.15, 0.2) is 30.6 Å². The maximum absolute atomic E-state index is 13.3. The van der Waals surface area contributed by atoms with Gasteiger partial charge < -0.3 is 24.7 Å². The van der Waals surface area contributed by atoms with Crippen LogP contribution in [0.4, 0.5) is 10.7 Å². The number of phosphoric ester groups is 1. The summed E-state index contributed by atoms with van der Waals surface area (Å²) in [5.74, 6) is 0.124. The minimum Gasteiger partial charge on any atom is -0.479 e. The number of phosphoric acid groups is 1. The van der Waals surface area contributed by atoms with Crippen molar-refractivity contribution in [2.75, 3.05) is 26.1 Å². The van der Waals surface area contributed by atoms with Gasteiger partial charge in [-0.05, 0) is 24.6 Å². The highest BCUT2D eigenvalue weighted by molar-refractivity contribution is 7.48. The summed E-state index contributed by atoms with van der Waals surface area (Å²) >= 11 is 6.09. The fourth-order valence-electron chi connectivity index (χ4n) is 4.86. The number of carbonyl (C=O) groups excluding carboxylic acids is 1. The number of nitrogens with zero attached hydrogens (tertiary/aromatic N) is 4. The highest BCUT2D eigenvalue weighted by atomic mass is 35.5. The van der Waals surface area contributed by atoms with E-state index in [0.29, 0.717) is 22.6 Å². The van der Waals surface area contributed by atoms with Gasteiger partial charge in [0, 0.05) is 11.4 Å². The summed E-state index contributed by atoms with van der Waals surface area (Å²) in [6, 6.07) is 7.06. The first-order chi connectivity index (χ1) is 18.2. The summed E-state index contributed by atoms with van der Waals surface area (Å²) in [4.78, 5) is 24.8. The molecule has 0 amide bonds. The molecule has 6 atom stereocenters. The van der Waals surface area contributed by atoms with Crippen LogP contribution in [-0.4, -0.2) is 63.8 Å². The van der Waals surface area contributed by atoms with Crippen LogP contribution in [-0.2, 0) is 32.3 Å². The van der Waals surface area contributed by atoms with E-state index in [-0.39, 0.29) is 25.0 Å². The van der Waals surface area contributed by atoms with Crippen LogP contribution in [0.5, 0.6) is 5.88 Å². The lowest BCUT2D eigenvalue weighted by molar-refractivity contribution is -0.0925. The predicted molar refractivity (Wildman–Crippen MR) is 129 cm³/mol. The number of benzene rings is 1. The zero-order chi connectivity index (χ0) is 26.7. The normalized spacial score (nSPS) is 32.7. The fraction of sp³-hybridized carbons (Fsp3) is 0.455. The Kier molecular flexibility index (Phi) is 6.21. The van der Waals surface area contributed by atoms with E-state index in [2.05, 4.69) is 15.0 Å². The molecule has 6 rings (SSSR count). The summed E-state index contributed by atoms with van der Waals surface area (Å²) in [5, 5.41) is 0.526. The summed E-state index contributed by atoms with van der Waals surface area (Å²) in [5.41, 5.74) is 5.90. The maximum Gasteiger partial charge on any atom is 0.509 e. The van der Waals surface area contributed by atoms with Gasteiger partial charge in [0.25, 0.3) is 0 Å². The van der Waals surface area contributed by atoms with Crippen molar-refractivity contribution < 1.29 is 41.9 Å². The van der Waals surface area contributed by atoms with E-state index in [4.69, 9.17) is 49.9 Å². The van der Waals surface area contributed by atoms with Crippen molar-refractivity contribution in [2.45, 2.75) is 43.5 Å². The Bertz CT molecular complexity index is 1460. The first-order valence-corrected chi connectivity index (χ1v) is 13.4. The zero-order valence-corrected chi connectivity index (χ0v) is 21.8. The number of anilines is 1. The zero-order valence-electron chi connectivity index (χ0n) is 20.2. The van der Waals surface area contributed by atoms with Gasteiger partial charge in [0.1, 0.15) is 6.10 Å². The highest BCUT2D eigenvalue weighted by Crippen LogP contribution is 2.58. The van der Waals surface area contributed by atoms with Gasteiger partial charge in [0.05, 0.1) is 32.8 Å². The average Bonchev–Trinajstić information content (AvgIpc) is 3.51. The number of carbonyl (C=O) groups is 1. The van der Waals surface area contributed by atoms with Crippen LogP contribution in [0.3, 0.4) is 0 Å². The monoisotopic (exact) mass is 567 g/mol. The van der Waals surface area contributed by atoms with Crippen LogP contribution >= 0.6 is 19.4 Å². The number of nitrogens with two attached hydrogens (primary N) is 1. The van der Waals surface area contributed by atoms with E-state index < -0.39 is 44.1 Å². The van der Waals surface area contributed by atoms with Crippen LogP contribution in [0.25, 0.3) is 11.2 Å². The van der Waals surface area contributed by atoms with Gasteiger partial charge in [-0.15, -0.1) is 0 Å². The van der Waals surface area contributed by atoms with Gasteiger partial charge in [-0.2, -0.15) is 9.97 Å². The molecule has 0 saturated carbocycles. The largest absolute Gasteiger partial charge is 0.509 e. The molecule has 2 aromatic heterocycles. The third kappa shape index (κ3) is 4.27. The van der Waals surface area contributed by atoms with Gasteiger partial charge >= 0.3 is 14.0 Å². The number of nitrogen functional groups attached to an aromatic ring is 1. The van der Waals surface area contributed by atoms with Gasteiger partial charge in [0.2, 0.25) is 11.8 Å². The molecule has 3 saturated heterocycles. The smallest absolute Gasteiger partial charge is 0.479 e. The van der Waals surface area contributed by atoms with E-state index >= 15 is 0 Å². The maximum atomic E-state index is 13.3. The Morgan fingerprint density at radius 1 is 1.34 bits per heavy atom. The van der Waals surface area contributed by atoms with E-state index in [1.807, 2.05) is 6.07 Å². The lowest BCUT2D eigenvalue weighted by atomic mass is 9.96. The number of hydrogen-bond donors (Lipinski definition) is 1. The Hall–Kier alpha value is -3.00. The molecule has 3 fully saturated rings. The quantitative estimate of drug-likeness (QED) is 0.339. The Morgan fingerprint density at radius 2 is 2.18 bits per heavy atom. The number of aromatic nitrogens is 4. The van der Waals surface area contributed by atoms with Crippen LogP contribution in [0.1, 0.15) is 31.2 Å². The average molecular weight is 568 g/mol. The minimum absolute atomic E-state index is 0.0469. The fourth-order valence-corrected chi connectivity index (χ4v) is 6.45. The second-order valence-electron chi connectivity index (χ2n) is 9.03. The standard InChI is InChI=1S/C22H23ClN5O9P/c1-22-16(35-21(29)36-22)14(34-19(22)28-10-25-15-17(28)26-20(24)27-18(15)31-2)9-33-38(30)32-7-6-13(37-38)11-4-3-5-12(23)8-11/h3-5,8,10,13-14,16,19H,6-7,9H2,1-2H3,(H2,24,26,27)/t13-,14+,16+,19+,22+,38+/m0/s1. The third-order valence-electron chi connectivity index (χ3n) is 6.58. The Morgan fingerprint density at radius 3 is 2.97 bits per heavy atom. The topological polar surface area (TPSA) is 168 Å². The SMILES string of the molecule is COc1nc(N)nc2c1ncn2[C@@H]1O[C@H](CO[P@@]2(=O)OCC[C@@H](c3cccc(Cl)c3)O2)[C@H]2OC(=O)O[C@]21C. The van der Waals surface area contributed by atoms with Gasteiger partial charge in [-0.1, -0.05) is 23.7 Å². The van der Waals surface area contributed by atoms with Crippen LogP contribution < -0.4 is 10.5 Å². The van der Waals surface area contributed by atoms with Gasteiger partial charge in [0.15, 0.2) is 29.1 Å². The first kappa shape index (κ1) is 25.3. The molecule has 14 nitrogen and oxygen atoms in total. The molecule has 0 spiro atoms. The lowest BCUT2D eigenvalue weighted by Gasteiger charge is -2.30. The number of rotatable bonds is 6. The van der Waals surface area contributed by atoms with E-state index in [0.717, 1.165) is 5.56 Å². The number of methoxy groups -OCH3 is 1. The third-order valence-corrected chi connectivity index (χ3v) is 8.29. The summed E-state index contributed by atoms with van der Waals surface area (Å²) in [6.07, 6.45) is -2.30. The number of imidazole rings is 1. The molecule has 3 aromatic rings. The van der Waals surface area contributed by atoms with Crippen molar-refractivity contribution in [1.82, 2.24) is 19.5 Å². The second-order valence-corrected chi connectivity index (χ2v) is 11.1. The molecule has 0 unspecified atom stereocenters. The van der Waals surface area contributed by atoms with Crippen molar-refractivity contribution in [3.63, 3.8) is 0 Å². The molecule has 1 aromatic carbocycles. The molecule has 0 radical (unpaired) electrons. The van der Waals surface area contributed by atoms with Crippen molar-refractivity contribution in [2.24, 2.45) is 0 Å². The number of ether oxygens (including phenoxy) is 4. The molecule has 2 N–H and O–H groups in total. The molecule has 5 heterocycles. The second kappa shape index (κ2) is 9.33. The van der Waals surface area contributed by atoms with E-state index in [1.54, 1.807) is 25.1 Å². The number of fused-ring (bicyclic) bond motifs is 2. The van der Waals surface area contributed by atoms with Gasteiger partial charge in [-0.25, -0.2) is 14.3 Å². The highest BCUT2D eigenvalue weighted by Gasteiger charge is 2.64. The van der Waals surface area contributed by atoms with Crippen molar-refractivity contribution in [3.8, 4) is 5.88 Å². The van der Waals surface area contributed by atoms with Crippen molar-refractivity contribution in [1.29, 1.82) is 0 Å². The van der Waals surface area contributed by atoms with Crippen LogP contribution in [0.2, 0.25) is 5.02 Å². The molecule has 38 heavy (non-hydrogen) atoms. The Balaban J connectivity index is 1.24. The molecule has 0 bridgehead atoms. The molecule has 3 aliphatic rings. The summed E-state index contributed by atoms with van der Waals surface area (Å²) in [6.45, 7) is 1.50. The number of halogens is 1. The molecular formula is C22H23ClN5O9P. The molecule has 3 aliphatic heterocycles. The summed E-state index contributed by atoms with van der Waals surface area (Å²) < 4.78 is 54.1. The molecule has 202 valence electrons. The molecule has 0 aliphatic carbocycles. The first-order valence-electron chi connectivity index (χ1n) is 11.6. The number of hydrogen-bond acceptors (Lipinski definition) is 13. The van der Waals surface area contributed by atoms with Gasteiger partial charge in [-0.3, -0.25) is 18.1 Å². The van der Waals surface area contributed by atoms with Crippen molar-refractivity contribution >= 4 is 42.7 Å². The molecular weight excluding hydrogens is 545 g/mol. The van der Waals surface area contributed by atoms with E-state index in [9.17, 15) is 9.36 Å². The van der Waals surface area contributed by atoms with Crippen LogP contribution in [0, 0.1) is 0 Å².